The number of benzene rings is 1. The summed E-state index contributed by atoms with van der Waals surface area (Å²) in [6, 6.07) is 6.25. The number of hydrogen-bond donors (Lipinski definition) is 1. The summed E-state index contributed by atoms with van der Waals surface area (Å²) in [6.45, 7) is 0. The summed E-state index contributed by atoms with van der Waals surface area (Å²) in [7, 11) is 1.30. The van der Waals surface area contributed by atoms with E-state index < -0.39 is 11.9 Å². The van der Waals surface area contributed by atoms with Crippen molar-refractivity contribution in [2.75, 3.05) is 7.11 Å². The Morgan fingerprint density at radius 2 is 2.10 bits per heavy atom. The van der Waals surface area contributed by atoms with Crippen molar-refractivity contribution in [3.63, 3.8) is 0 Å². The van der Waals surface area contributed by atoms with Gasteiger partial charge in [0.15, 0.2) is 0 Å². The van der Waals surface area contributed by atoms with E-state index in [1.165, 1.54) is 43.3 Å². The molecule has 0 aliphatic carbocycles. The Kier molecular flexibility index (Phi) is 4.93. The number of carboxylic acid groups (broad SMARTS) is 1. The minimum absolute atomic E-state index is 0.0364. The molecule has 0 radical (unpaired) electrons. The van der Waals surface area contributed by atoms with E-state index in [4.69, 9.17) is 21.1 Å². The number of methoxy groups -OCH3 is 1. The molecule has 2 rings (SSSR count). The Hall–Kier alpha value is -1.92. The maximum Gasteiger partial charge on any atom is 0.341 e. The Balaban J connectivity index is 2.14. The molecule has 1 heterocycles. The second-order valence-corrected chi connectivity index (χ2v) is 5.44. The van der Waals surface area contributed by atoms with E-state index in [1.807, 2.05) is 0 Å². The van der Waals surface area contributed by atoms with E-state index in [9.17, 15) is 9.59 Å². The summed E-state index contributed by atoms with van der Waals surface area (Å²) >= 11 is 7.14. The maximum atomic E-state index is 11.5. The van der Waals surface area contributed by atoms with Gasteiger partial charge in [0.05, 0.1) is 29.7 Å². The fourth-order valence-corrected chi connectivity index (χ4v) is 2.74. The van der Waals surface area contributed by atoms with Crippen LogP contribution in [0.2, 0.25) is 5.02 Å². The first-order chi connectivity index (χ1) is 10.0. The predicted octanol–water partition coefficient (Wildman–Crippen LogP) is 3.71. The molecule has 2 aromatic rings. The lowest BCUT2D eigenvalue weighted by atomic mass is 10.2. The van der Waals surface area contributed by atoms with Crippen LogP contribution in [0.4, 0.5) is 0 Å². The minimum atomic E-state index is -1.09. The number of furan rings is 1. The average molecular weight is 327 g/mol. The number of carboxylic acids is 1. The van der Waals surface area contributed by atoms with E-state index in [0.29, 0.717) is 22.0 Å². The van der Waals surface area contributed by atoms with Gasteiger partial charge in [-0.3, -0.25) is 0 Å². The zero-order valence-corrected chi connectivity index (χ0v) is 12.5. The summed E-state index contributed by atoms with van der Waals surface area (Å²) in [5.74, 6) is -0.714. The zero-order chi connectivity index (χ0) is 15.4. The third kappa shape index (κ3) is 3.59. The molecule has 0 bridgehead atoms. The molecule has 110 valence electrons. The molecule has 1 aromatic carbocycles. The van der Waals surface area contributed by atoms with Crippen molar-refractivity contribution < 1.29 is 23.8 Å². The van der Waals surface area contributed by atoms with Gasteiger partial charge in [0.2, 0.25) is 0 Å². The molecule has 7 heteroatoms. The van der Waals surface area contributed by atoms with E-state index in [0.717, 1.165) is 0 Å². The van der Waals surface area contributed by atoms with Gasteiger partial charge in [-0.1, -0.05) is 11.6 Å². The molecule has 0 aliphatic rings. The number of thioether (sulfide) groups is 1. The highest BCUT2D eigenvalue weighted by Gasteiger charge is 2.16. The van der Waals surface area contributed by atoms with Crippen molar-refractivity contribution in [1.29, 1.82) is 0 Å². The van der Waals surface area contributed by atoms with Gasteiger partial charge in [-0.25, -0.2) is 9.59 Å². The van der Waals surface area contributed by atoms with Crippen molar-refractivity contribution in [2.45, 2.75) is 10.6 Å². The lowest BCUT2D eigenvalue weighted by Crippen LogP contribution is -2.02. The first kappa shape index (κ1) is 15.5. The summed E-state index contributed by atoms with van der Waals surface area (Å²) in [4.78, 5) is 23.2. The first-order valence-corrected chi connectivity index (χ1v) is 7.19. The molecule has 1 aromatic heterocycles. The summed E-state index contributed by atoms with van der Waals surface area (Å²) < 4.78 is 9.90. The zero-order valence-electron chi connectivity index (χ0n) is 11.0. The van der Waals surface area contributed by atoms with Gasteiger partial charge in [-0.15, -0.1) is 11.8 Å². The van der Waals surface area contributed by atoms with E-state index in [1.54, 1.807) is 6.07 Å². The van der Waals surface area contributed by atoms with Crippen LogP contribution in [-0.4, -0.2) is 24.2 Å². The smallest absolute Gasteiger partial charge is 0.341 e. The van der Waals surface area contributed by atoms with Crippen LogP contribution in [0.1, 0.15) is 26.5 Å². The SMILES string of the molecule is COC(=O)c1ccoc1CSc1ccc(Cl)c(C(=O)O)c1. The molecule has 0 unspecified atom stereocenters. The first-order valence-electron chi connectivity index (χ1n) is 5.83. The lowest BCUT2D eigenvalue weighted by Gasteiger charge is -2.04. The summed E-state index contributed by atoms with van der Waals surface area (Å²) in [6.07, 6.45) is 1.41. The highest BCUT2D eigenvalue weighted by Crippen LogP contribution is 2.28. The van der Waals surface area contributed by atoms with Gasteiger partial charge in [0.25, 0.3) is 0 Å². The molecule has 0 saturated carbocycles. The highest BCUT2D eigenvalue weighted by atomic mass is 35.5. The van der Waals surface area contributed by atoms with Crippen LogP contribution in [-0.2, 0) is 10.5 Å². The van der Waals surface area contributed by atoms with Crippen molar-refractivity contribution in [3.05, 3.63) is 52.4 Å². The van der Waals surface area contributed by atoms with Crippen molar-refractivity contribution in [3.8, 4) is 0 Å². The van der Waals surface area contributed by atoms with Crippen LogP contribution in [0.15, 0.2) is 39.8 Å². The summed E-state index contributed by atoms with van der Waals surface area (Å²) in [5, 5.41) is 9.20. The number of rotatable bonds is 5. The number of carbonyl (C=O) groups is 2. The average Bonchev–Trinajstić information content (AvgIpc) is 2.93. The molecule has 1 N–H and O–H groups in total. The Labute approximate surface area is 129 Å². The number of aromatic carboxylic acids is 1. The van der Waals surface area contributed by atoms with Gasteiger partial charge in [-0.05, 0) is 24.3 Å². The van der Waals surface area contributed by atoms with Gasteiger partial charge >= 0.3 is 11.9 Å². The third-order valence-electron chi connectivity index (χ3n) is 2.69. The maximum absolute atomic E-state index is 11.5. The quantitative estimate of drug-likeness (QED) is 0.666. The Morgan fingerprint density at radius 3 is 2.76 bits per heavy atom. The molecule has 0 spiro atoms. The predicted molar refractivity (Wildman–Crippen MR) is 78.0 cm³/mol. The van der Waals surface area contributed by atoms with Gasteiger partial charge in [0, 0.05) is 4.90 Å². The van der Waals surface area contributed by atoms with Crippen LogP contribution in [0.5, 0.6) is 0 Å². The molecule has 0 amide bonds. The van der Waals surface area contributed by atoms with Crippen molar-refractivity contribution in [1.82, 2.24) is 0 Å². The second kappa shape index (κ2) is 6.69. The normalized spacial score (nSPS) is 10.4. The molecular formula is C14H11ClO5S. The molecule has 5 nitrogen and oxygen atoms in total. The molecule has 0 aliphatic heterocycles. The summed E-state index contributed by atoms with van der Waals surface area (Å²) in [5.41, 5.74) is 0.395. The van der Waals surface area contributed by atoms with Crippen molar-refractivity contribution in [2.24, 2.45) is 0 Å². The topological polar surface area (TPSA) is 76.7 Å². The third-order valence-corrected chi connectivity index (χ3v) is 4.01. The highest BCUT2D eigenvalue weighted by molar-refractivity contribution is 7.98. The van der Waals surface area contributed by atoms with Crippen LogP contribution in [0.3, 0.4) is 0 Å². The van der Waals surface area contributed by atoms with Crippen LogP contribution < -0.4 is 0 Å². The Morgan fingerprint density at radius 1 is 1.33 bits per heavy atom. The largest absolute Gasteiger partial charge is 0.478 e. The molecular weight excluding hydrogens is 316 g/mol. The molecule has 21 heavy (non-hydrogen) atoms. The minimum Gasteiger partial charge on any atom is -0.478 e. The van der Waals surface area contributed by atoms with Crippen LogP contribution in [0.25, 0.3) is 0 Å². The molecule has 0 atom stereocenters. The van der Waals surface area contributed by atoms with E-state index >= 15 is 0 Å². The monoisotopic (exact) mass is 326 g/mol. The fraction of sp³-hybridized carbons (Fsp3) is 0.143. The Bertz CT molecular complexity index is 680. The van der Waals surface area contributed by atoms with Crippen LogP contribution in [0, 0.1) is 0 Å². The van der Waals surface area contributed by atoms with Crippen molar-refractivity contribution >= 4 is 35.3 Å². The van der Waals surface area contributed by atoms with Gasteiger partial charge < -0.3 is 14.3 Å². The second-order valence-electron chi connectivity index (χ2n) is 3.98. The lowest BCUT2D eigenvalue weighted by molar-refractivity contribution is 0.0597. The van der Waals surface area contributed by atoms with E-state index in [-0.39, 0.29) is 10.6 Å². The van der Waals surface area contributed by atoms with Crippen LogP contribution >= 0.6 is 23.4 Å². The molecule has 0 fully saturated rings. The number of ether oxygens (including phenoxy) is 1. The number of halogens is 1. The number of esters is 1. The molecule has 0 saturated heterocycles. The van der Waals surface area contributed by atoms with Gasteiger partial charge in [0.1, 0.15) is 11.3 Å². The van der Waals surface area contributed by atoms with E-state index in [2.05, 4.69) is 4.74 Å². The number of hydrogen-bond acceptors (Lipinski definition) is 5. The van der Waals surface area contributed by atoms with Gasteiger partial charge in [-0.2, -0.15) is 0 Å². The number of carbonyl (C=O) groups excluding carboxylic acids is 1. The standard InChI is InChI=1S/C14H11ClO5S/c1-19-14(18)9-4-5-20-12(9)7-21-8-2-3-11(15)10(6-8)13(16)17/h2-6H,7H2,1H3,(H,16,17). The fourth-order valence-electron chi connectivity index (χ4n) is 1.65.